The lowest BCUT2D eigenvalue weighted by molar-refractivity contribution is -0.141. The first-order chi connectivity index (χ1) is 21.2. The van der Waals surface area contributed by atoms with Crippen molar-refractivity contribution in [3.63, 3.8) is 0 Å². The van der Waals surface area contributed by atoms with Crippen LogP contribution in [0.25, 0.3) is 0 Å². The highest BCUT2D eigenvalue weighted by Crippen LogP contribution is 2.55. The fourth-order valence-corrected chi connectivity index (χ4v) is 7.71. The summed E-state index contributed by atoms with van der Waals surface area (Å²) in [7, 11) is 3.60. The molecule has 0 aromatic heterocycles. The maximum Gasteiger partial charge on any atom is 0.246 e. The fourth-order valence-electron chi connectivity index (χ4n) is 7.71. The molecule has 2 aromatic rings. The van der Waals surface area contributed by atoms with Crippen LogP contribution in [0.4, 0.5) is 5.69 Å². The summed E-state index contributed by atoms with van der Waals surface area (Å²) >= 11 is 0. The predicted octanol–water partition coefficient (Wildman–Crippen LogP) is 3.86. The molecular weight excluding hydrogens is 556 g/mol. The van der Waals surface area contributed by atoms with E-state index in [1.54, 1.807) is 36.3 Å². The van der Waals surface area contributed by atoms with Gasteiger partial charge < -0.3 is 29.9 Å². The molecule has 0 unspecified atom stereocenters. The summed E-state index contributed by atoms with van der Waals surface area (Å²) in [5.74, 6) is -0.687. The summed E-state index contributed by atoms with van der Waals surface area (Å²) in [4.78, 5) is 46.2. The number of anilines is 1. The van der Waals surface area contributed by atoms with Crippen molar-refractivity contribution in [2.24, 2.45) is 23.7 Å². The van der Waals surface area contributed by atoms with E-state index in [0.29, 0.717) is 36.4 Å². The molecule has 9 nitrogen and oxygen atoms in total. The van der Waals surface area contributed by atoms with E-state index >= 15 is 0 Å². The minimum Gasteiger partial charge on any atom is -0.497 e. The Hall–Kier alpha value is -3.69. The van der Waals surface area contributed by atoms with Crippen LogP contribution < -0.4 is 15.4 Å². The average molecular weight is 601 g/mol. The zero-order valence-corrected chi connectivity index (χ0v) is 26.1. The molecule has 3 amide bonds. The quantitative estimate of drug-likeness (QED) is 0.402. The molecule has 0 radical (unpaired) electrons. The highest BCUT2D eigenvalue weighted by Gasteiger charge is 2.72. The van der Waals surface area contributed by atoms with Crippen LogP contribution in [0, 0.1) is 23.7 Å². The van der Waals surface area contributed by atoms with Crippen LogP contribution in [0.5, 0.6) is 5.75 Å². The summed E-state index contributed by atoms with van der Waals surface area (Å²) in [6, 6.07) is 16.4. The summed E-state index contributed by atoms with van der Waals surface area (Å²) in [5.41, 5.74) is 0.596. The van der Waals surface area contributed by atoms with Gasteiger partial charge in [-0.05, 0) is 55.1 Å². The van der Waals surface area contributed by atoms with Gasteiger partial charge in [0.15, 0.2) is 0 Å². The van der Waals surface area contributed by atoms with Gasteiger partial charge in [-0.1, -0.05) is 69.2 Å². The average Bonchev–Trinajstić information content (AvgIpc) is 3.66. The van der Waals surface area contributed by atoms with Gasteiger partial charge in [0.25, 0.3) is 0 Å². The van der Waals surface area contributed by atoms with Crippen molar-refractivity contribution in [2.45, 2.75) is 63.4 Å². The van der Waals surface area contributed by atoms with E-state index in [1.807, 2.05) is 37.4 Å². The van der Waals surface area contributed by atoms with Crippen molar-refractivity contribution >= 4 is 23.4 Å². The van der Waals surface area contributed by atoms with Crippen molar-refractivity contribution in [3.05, 3.63) is 72.3 Å². The number of likely N-dealkylation sites (N-methyl/N-ethyl adjacent to an activating group) is 1. The number of rotatable bonds is 10. The molecule has 9 heteroatoms. The molecule has 2 saturated heterocycles. The van der Waals surface area contributed by atoms with E-state index in [9.17, 15) is 14.4 Å². The first-order valence-corrected chi connectivity index (χ1v) is 15.9. The molecule has 3 fully saturated rings. The fraction of sp³-hybridized carbons (Fsp3) is 0.514. The molecule has 2 aromatic carbocycles. The number of likely N-dealkylation sites (tertiary alicyclic amines) is 1. The number of fused-ring (bicyclic) bond motifs is 1. The number of hydrogen-bond donors (Lipinski definition) is 2. The predicted molar refractivity (Wildman–Crippen MR) is 168 cm³/mol. The van der Waals surface area contributed by atoms with Gasteiger partial charge in [-0.15, -0.1) is 0 Å². The van der Waals surface area contributed by atoms with Crippen LogP contribution in [0.2, 0.25) is 0 Å². The van der Waals surface area contributed by atoms with Crippen LogP contribution >= 0.6 is 0 Å². The van der Waals surface area contributed by atoms with Gasteiger partial charge >= 0.3 is 0 Å². The molecule has 4 aliphatic rings. The van der Waals surface area contributed by atoms with Crippen LogP contribution in [-0.4, -0.2) is 78.6 Å². The number of hydrogen-bond acceptors (Lipinski definition) is 6. The highest BCUT2D eigenvalue weighted by molar-refractivity contribution is 6.02. The van der Waals surface area contributed by atoms with Gasteiger partial charge in [-0.25, -0.2) is 0 Å². The van der Waals surface area contributed by atoms with Crippen molar-refractivity contribution in [1.29, 1.82) is 0 Å². The van der Waals surface area contributed by atoms with Gasteiger partial charge in [0.2, 0.25) is 17.7 Å². The third kappa shape index (κ3) is 5.52. The third-order valence-corrected chi connectivity index (χ3v) is 10.3. The summed E-state index contributed by atoms with van der Waals surface area (Å²) < 4.78 is 11.8. The second-order valence-corrected chi connectivity index (χ2v) is 13.1. The molecule has 1 aliphatic carbocycles. The zero-order chi connectivity index (χ0) is 31.0. The standard InChI is InChI=1S/C35H44N4O5/c1-22-9-8-12-27(23(22)2)37-33(41)31-35-18-17-28(44-35)29(32(40)36-25-13-15-26(43-4)16-14-25)30(35)34(42)39(31)20-19-38(3)21-24-10-6-5-7-11-24/h5-7,10-11,13-18,22-23,27-31H,8-9,12,19-21H2,1-4H3,(H,36,40)(H,37,41)/t22-,23+,27+,28-,29+,30-,31-,35-/m0/s1. The molecule has 3 heterocycles. The largest absolute Gasteiger partial charge is 0.497 e. The van der Waals surface area contributed by atoms with E-state index in [4.69, 9.17) is 9.47 Å². The maximum atomic E-state index is 14.3. The van der Waals surface area contributed by atoms with Gasteiger partial charge in [-0.2, -0.15) is 0 Å². The van der Waals surface area contributed by atoms with E-state index in [1.165, 1.54) is 5.56 Å². The Bertz CT molecular complexity index is 1400. The minimum absolute atomic E-state index is 0.0381. The molecule has 8 atom stereocenters. The molecule has 3 aliphatic heterocycles. The summed E-state index contributed by atoms with van der Waals surface area (Å²) in [6.07, 6.45) is 6.30. The lowest BCUT2D eigenvalue weighted by Gasteiger charge is -2.38. The number of benzene rings is 2. The molecule has 2 N–H and O–H groups in total. The minimum atomic E-state index is -1.19. The Kier molecular flexibility index (Phi) is 8.53. The molecule has 2 bridgehead atoms. The van der Waals surface area contributed by atoms with Gasteiger partial charge in [0.05, 0.1) is 25.0 Å². The number of ether oxygens (including phenoxy) is 2. The van der Waals surface area contributed by atoms with Crippen LogP contribution in [0.1, 0.15) is 38.7 Å². The van der Waals surface area contributed by atoms with E-state index in [0.717, 1.165) is 25.8 Å². The lowest BCUT2D eigenvalue weighted by Crippen LogP contribution is -2.58. The topological polar surface area (TPSA) is 100 Å². The molecular formula is C35H44N4O5. The number of carbonyl (C=O) groups is 3. The van der Waals surface area contributed by atoms with E-state index < -0.39 is 29.6 Å². The maximum absolute atomic E-state index is 14.3. The molecule has 234 valence electrons. The second kappa shape index (κ2) is 12.4. The monoisotopic (exact) mass is 600 g/mol. The molecule has 1 spiro atoms. The SMILES string of the molecule is COc1ccc(NC(=O)[C@@H]2[C@@H]3C=C[C@]4(O3)[C@@H]2C(=O)N(CCN(C)Cc2ccccc2)[C@H]4C(=O)N[C@@H]2CCC[C@H](C)[C@H]2C)cc1. The Morgan fingerprint density at radius 1 is 1.07 bits per heavy atom. The van der Waals surface area contributed by atoms with Crippen molar-refractivity contribution in [3.8, 4) is 5.75 Å². The van der Waals surface area contributed by atoms with Gasteiger partial charge in [0.1, 0.15) is 17.4 Å². The lowest BCUT2D eigenvalue weighted by atomic mass is 9.73. The smallest absolute Gasteiger partial charge is 0.246 e. The van der Waals surface area contributed by atoms with E-state index in [2.05, 4.69) is 41.5 Å². The van der Waals surface area contributed by atoms with Crippen molar-refractivity contribution in [1.82, 2.24) is 15.1 Å². The van der Waals surface area contributed by atoms with Crippen LogP contribution in [-0.2, 0) is 25.7 Å². The Labute approximate surface area is 260 Å². The first-order valence-electron chi connectivity index (χ1n) is 15.9. The first kappa shape index (κ1) is 30.3. The van der Waals surface area contributed by atoms with Gasteiger partial charge in [0, 0.05) is 31.4 Å². The number of nitrogens with zero attached hydrogens (tertiary/aromatic N) is 2. The molecule has 44 heavy (non-hydrogen) atoms. The van der Waals surface area contributed by atoms with Crippen LogP contribution in [0.15, 0.2) is 66.7 Å². The van der Waals surface area contributed by atoms with Gasteiger partial charge in [-0.3, -0.25) is 14.4 Å². The van der Waals surface area contributed by atoms with Crippen molar-refractivity contribution in [2.75, 3.05) is 32.6 Å². The number of methoxy groups -OCH3 is 1. The normalized spacial score (nSPS) is 32.2. The van der Waals surface area contributed by atoms with E-state index in [-0.39, 0.29) is 23.8 Å². The number of nitrogens with one attached hydrogen (secondary N) is 2. The third-order valence-electron chi connectivity index (χ3n) is 10.3. The summed E-state index contributed by atoms with van der Waals surface area (Å²) in [6.45, 7) is 6.08. The Morgan fingerprint density at radius 2 is 1.82 bits per heavy atom. The summed E-state index contributed by atoms with van der Waals surface area (Å²) in [5, 5.41) is 6.31. The molecule has 1 saturated carbocycles. The highest BCUT2D eigenvalue weighted by atomic mass is 16.5. The Morgan fingerprint density at radius 3 is 2.55 bits per heavy atom. The van der Waals surface area contributed by atoms with Crippen molar-refractivity contribution < 1.29 is 23.9 Å². The zero-order valence-electron chi connectivity index (χ0n) is 26.1. The number of amides is 3. The number of carbonyl (C=O) groups excluding carboxylic acids is 3. The Balaban J connectivity index is 1.25. The second-order valence-electron chi connectivity index (χ2n) is 13.1. The molecule has 6 rings (SSSR count). The van der Waals surface area contributed by atoms with Crippen LogP contribution in [0.3, 0.4) is 0 Å².